The van der Waals surface area contributed by atoms with E-state index in [2.05, 4.69) is 32.0 Å². The number of hydrogen-bond donors (Lipinski definition) is 1. The number of quaternary nitrogens is 1. The topological polar surface area (TPSA) is 22.9 Å². The zero-order valence-corrected chi connectivity index (χ0v) is 13.6. The molecule has 0 radical (unpaired) electrons. The fraction of sp³-hybridized carbons (Fsp3) is 0.667. The van der Waals surface area contributed by atoms with E-state index in [1.807, 2.05) is 0 Å². The summed E-state index contributed by atoms with van der Waals surface area (Å²) in [5, 5.41) is 0. The van der Waals surface area contributed by atoms with E-state index in [1.165, 1.54) is 50.0 Å². The second kappa shape index (κ2) is 9.06. The van der Waals surface area contributed by atoms with E-state index in [0.717, 1.165) is 32.0 Å². The molecule has 1 N–H and O–H groups in total. The van der Waals surface area contributed by atoms with E-state index >= 15 is 0 Å². The van der Waals surface area contributed by atoms with Crippen LogP contribution in [0.25, 0.3) is 0 Å². The SMILES string of the molecule is Cc1ccc(OCCCCCC[NH+]2CCOCC2)cc1C. The fourth-order valence-electron chi connectivity index (χ4n) is 2.73. The van der Waals surface area contributed by atoms with E-state index in [0.29, 0.717) is 0 Å². The second-order valence-corrected chi connectivity index (χ2v) is 6.12. The van der Waals surface area contributed by atoms with Gasteiger partial charge in [-0.2, -0.15) is 0 Å². The summed E-state index contributed by atoms with van der Waals surface area (Å²) in [6.45, 7) is 10.7. The van der Waals surface area contributed by atoms with Gasteiger partial charge < -0.3 is 14.4 Å². The van der Waals surface area contributed by atoms with E-state index in [1.54, 1.807) is 4.90 Å². The van der Waals surface area contributed by atoms with Crippen LogP contribution in [0.2, 0.25) is 0 Å². The summed E-state index contributed by atoms with van der Waals surface area (Å²) in [4.78, 5) is 1.72. The van der Waals surface area contributed by atoms with Crippen LogP contribution >= 0.6 is 0 Å². The van der Waals surface area contributed by atoms with E-state index in [-0.39, 0.29) is 0 Å². The second-order valence-electron chi connectivity index (χ2n) is 6.12. The normalized spacial score (nSPS) is 16.1. The predicted molar refractivity (Wildman–Crippen MR) is 86.3 cm³/mol. The molecule has 1 heterocycles. The Labute approximate surface area is 129 Å². The molecule has 1 aliphatic heterocycles. The van der Waals surface area contributed by atoms with E-state index < -0.39 is 0 Å². The van der Waals surface area contributed by atoms with Crippen LogP contribution in [0.3, 0.4) is 0 Å². The average Bonchev–Trinajstić information content (AvgIpc) is 2.51. The molecule has 1 aromatic carbocycles. The largest absolute Gasteiger partial charge is 0.494 e. The van der Waals surface area contributed by atoms with Gasteiger partial charge in [0.25, 0.3) is 0 Å². The lowest BCUT2D eigenvalue weighted by Gasteiger charge is -2.23. The van der Waals surface area contributed by atoms with Gasteiger partial charge in [-0.05, 0) is 62.8 Å². The summed E-state index contributed by atoms with van der Waals surface area (Å²) in [7, 11) is 0. The minimum Gasteiger partial charge on any atom is -0.494 e. The average molecular weight is 292 g/mol. The molecular formula is C18H30NO2+. The number of unbranched alkanes of at least 4 members (excludes halogenated alkanes) is 3. The van der Waals surface area contributed by atoms with E-state index in [9.17, 15) is 0 Å². The molecule has 0 saturated carbocycles. The standard InChI is InChI=1S/C18H29NO2/c1-16-7-8-18(15-17(16)2)21-12-6-4-3-5-9-19-10-13-20-14-11-19/h7-8,15H,3-6,9-14H2,1-2H3/p+1. The minimum absolute atomic E-state index is 0.840. The minimum atomic E-state index is 0.840. The Kier molecular flexibility index (Phi) is 7.04. The highest BCUT2D eigenvalue weighted by Crippen LogP contribution is 2.16. The number of aryl methyl sites for hydroxylation is 2. The van der Waals surface area contributed by atoms with Crippen molar-refractivity contribution in [1.82, 2.24) is 0 Å². The molecule has 0 spiro atoms. The molecule has 21 heavy (non-hydrogen) atoms. The zero-order valence-electron chi connectivity index (χ0n) is 13.6. The number of morpholine rings is 1. The van der Waals surface area contributed by atoms with Gasteiger partial charge in [-0.1, -0.05) is 6.07 Å². The quantitative estimate of drug-likeness (QED) is 0.742. The molecular weight excluding hydrogens is 262 g/mol. The van der Waals surface area contributed by atoms with Crippen molar-refractivity contribution in [3.05, 3.63) is 29.3 Å². The van der Waals surface area contributed by atoms with Crippen molar-refractivity contribution in [2.24, 2.45) is 0 Å². The molecule has 118 valence electrons. The van der Waals surface area contributed by atoms with Gasteiger partial charge in [0.05, 0.1) is 26.4 Å². The molecule has 0 amide bonds. The number of nitrogens with one attached hydrogen (secondary N) is 1. The first-order valence-corrected chi connectivity index (χ1v) is 8.37. The Morgan fingerprint density at radius 1 is 1.00 bits per heavy atom. The third-order valence-electron chi connectivity index (χ3n) is 4.37. The Balaban J connectivity index is 1.48. The van der Waals surface area contributed by atoms with Crippen LogP contribution in [0.15, 0.2) is 18.2 Å². The smallest absolute Gasteiger partial charge is 0.119 e. The molecule has 1 aromatic rings. The van der Waals surface area contributed by atoms with Crippen LogP contribution in [-0.2, 0) is 4.74 Å². The third-order valence-corrected chi connectivity index (χ3v) is 4.37. The van der Waals surface area contributed by atoms with Crippen molar-refractivity contribution in [3.8, 4) is 5.75 Å². The highest BCUT2D eigenvalue weighted by Gasteiger charge is 2.12. The number of benzene rings is 1. The summed E-state index contributed by atoms with van der Waals surface area (Å²) in [6, 6.07) is 6.34. The van der Waals surface area contributed by atoms with Gasteiger partial charge in [-0.3, -0.25) is 0 Å². The molecule has 3 nitrogen and oxygen atoms in total. The van der Waals surface area contributed by atoms with Crippen molar-refractivity contribution in [2.75, 3.05) is 39.5 Å². The van der Waals surface area contributed by atoms with Crippen LogP contribution in [0.5, 0.6) is 5.75 Å². The van der Waals surface area contributed by atoms with E-state index in [4.69, 9.17) is 9.47 Å². The van der Waals surface area contributed by atoms with Gasteiger partial charge >= 0.3 is 0 Å². The lowest BCUT2D eigenvalue weighted by Crippen LogP contribution is -3.14. The zero-order chi connectivity index (χ0) is 14.9. The van der Waals surface area contributed by atoms with Gasteiger partial charge in [-0.25, -0.2) is 0 Å². The molecule has 1 aliphatic rings. The molecule has 1 saturated heterocycles. The maximum Gasteiger partial charge on any atom is 0.119 e. The monoisotopic (exact) mass is 292 g/mol. The highest BCUT2D eigenvalue weighted by atomic mass is 16.5. The Morgan fingerprint density at radius 3 is 2.52 bits per heavy atom. The Hall–Kier alpha value is -1.06. The molecule has 0 aliphatic carbocycles. The highest BCUT2D eigenvalue weighted by molar-refractivity contribution is 5.33. The molecule has 0 bridgehead atoms. The Bertz CT molecular complexity index is 414. The maximum absolute atomic E-state index is 5.82. The molecule has 0 aromatic heterocycles. The lowest BCUT2D eigenvalue weighted by atomic mass is 10.1. The first-order valence-electron chi connectivity index (χ1n) is 8.37. The van der Waals surface area contributed by atoms with Gasteiger partial charge in [0.1, 0.15) is 18.8 Å². The molecule has 3 heteroatoms. The first kappa shape index (κ1) is 16.3. The summed E-state index contributed by atoms with van der Waals surface area (Å²) >= 11 is 0. The van der Waals surface area contributed by atoms with Crippen LogP contribution < -0.4 is 9.64 Å². The molecule has 2 rings (SSSR count). The van der Waals surface area contributed by atoms with Crippen LogP contribution in [0, 0.1) is 13.8 Å². The summed E-state index contributed by atoms with van der Waals surface area (Å²) in [5.41, 5.74) is 2.63. The van der Waals surface area contributed by atoms with Crippen molar-refractivity contribution in [2.45, 2.75) is 39.5 Å². The number of rotatable bonds is 8. The third kappa shape index (κ3) is 6.06. The van der Waals surface area contributed by atoms with Crippen molar-refractivity contribution in [1.29, 1.82) is 0 Å². The van der Waals surface area contributed by atoms with Crippen molar-refractivity contribution >= 4 is 0 Å². The summed E-state index contributed by atoms with van der Waals surface area (Å²) in [6.07, 6.45) is 5.08. The van der Waals surface area contributed by atoms with Crippen molar-refractivity contribution < 1.29 is 14.4 Å². The van der Waals surface area contributed by atoms with Gasteiger partial charge in [-0.15, -0.1) is 0 Å². The van der Waals surface area contributed by atoms with Crippen molar-refractivity contribution in [3.63, 3.8) is 0 Å². The van der Waals surface area contributed by atoms with Crippen LogP contribution in [0.4, 0.5) is 0 Å². The predicted octanol–water partition coefficient (Wildman–Crippen LogP) is 2.16. The van der Waals surface area contributed by atoms with Gasteiger partial charge in [0, 0.05) is 0 Å². The lowest BCUT2D eigenvalue weighted by molar-refractivity contribution is -0.908. The Morgan fingerprint density at radius 2 is 1.76 bits per heavy atom. The van der Waals surface area contributed by atoms with Gasteiger partial charge in [0.2, 0.25) is 0 Å². The number of ether oxygens (including phenoxy) is 2. The molecule has 0 unspecified atom stereocenters. The van der Waals surface area contributed by atoms with Gasteiger partial charge in [0.15, 0.2) is 0 Å². The first-order chi connectivity index (χ1) is 10.3. The maximum atomic E-state index is 5.82. The van der Waals surface area contributed by atoms with Crippen LogP contribution in [-0.4, -0.2) is 39.5 Å². The molecule has 1 fully saturated rings. The van der Waals surface area contributed by atoms with Crippen LogP contribution in [0.1, 0.15) is 36.8 Å². The number of hydrogen-bond acceptors (Lipinski definition) is 2. The summed E-state index contributed by atoms with van der Waals surface area (Å²) in [5.74, 6) is 1.01. The summed E-state index contributed by atoms with van der Waals surface area (Å²) < 4.78 is 11.2. The molecule has 0 atom stereocenters. The fourth-order valence-corrected chi connectivity index (χ4v) is 2.73.